The van der Waals surface area contributed by atoms with Crippen molar-refractivity contribution in [1.82, 2.24) is 0 Å². The van der Waals surface area contributed by atoms with Gasteiger partial charge in [0.25, 0.3) is 5.91 Å². The Kier molecular flexibility index (Phi) is 3.45. The van der Waals surface area contributed by atoms with Crippen LogP contribution >= 0.6 is 0 Å². The van der Waals surface area contributed by atoms with Crippen LogP contribution in [-0.4, -0.2) is 17.4 Å². The van der Waals surface area contributed by atoms with Crippen molar-refractivity contribution in [2.45, 2.75) is 12.0 Å². The molecule has 0 radical (unpaired) electrons. The minimum absolute atomic E-state index is 0.0135. The van der Waals surface area contributed by atoms with Crippen LogP contribution in [0.1, 0.15) is 11.1 Å². The molecule has 3 aromatic carbocycles. The molecular formula is C19H12F3NO3. The third-order valence-corrected chi connectivity index (χ3v) is 4.36. The maximum atomic E-state index is 12.5. The number of anilines is 1. The molecule has 1 unspecified atom stereocenters. The Balaban J connectivity index is 1.85. The van der Waals surface area contributed by atoms with Crippen LogP contribution < -0.4 is 10.1 Å². The fourth-order valence-corrected chi connectivity index (χ4v) is 3.16. The van der Waals surface area contributed by atoms with Crippen molar-refractivity contribution in [2.75, 3.05) is 5.32 Å². The van der Waals surface area contributed by atoms with Crippen LogP contribution in [0.2, 0.25) is 0 Å². The molecular weight excluding hydrogens is 347 g/mol. The lowest BCUT2D eigenvalue weighted by molar-refractivity contribution is -0.274. The molecule has 7 heteroatoms. The molecule has 1 aliphatic rings. The molecule has 0 saturated carbocycles. The van der Waals surface area contributed by atoms with Gasteiger partial charge in [-0.15, -0.1) is 13.2 Å². The highest BCUT2D eigenvalue weighted by molar-refractivity contribution is 6.07. The minimum Gasteiger partial charge on any atom is -0.406 e. The number of rotatable bonds is 2. The van der Waals surface area contributed by atoms with Crippen molar-refractivity contribution in [3.63, 3.8) is 0 Å². The van der Waals surface area contributed by atoms with Crippen LogP contribution in [0.15, 0.2) is 60.7 Å². The molecule has 1 heterocycles. The highest BCUT2D eigenvalue weighted by Gasteiger charge is 2.47. The average molecular weight is 359 g/mol. The summed E-state index contributed by atoms with van der Waals surface area (Å²) in [6, 6.07) is 15.7. The average Bonchev–Trinajstić information content (AvgIpc) is 2.85. The molecule has 1 aliphatic heterocycles. The lowest BCUT2D eigenvalue weighted by Gasteiger charge is -2.22. The zero-order valence-corrected chi connectivity index (χ0v) is 13.2. The summed E-state index contributed by atoms with van der Waals surface area (Å²) in [5.41, 5.74) is -1.60. The zero-order chi connectivity index (χ0) is 18.5. The highest BCUT2D eigenvalue weighted by Crippen LogP contribution is 2.43. The normalized spacial score (nSPS) is 19.3. The SMILES string of the molecule is O=C1Nc2ccc(OC(F)(F)F)cc2C1(O)c1ccc2ccccc2c1. The molecule has 1 amide bonds. The zero-order valence-electron chi connectivity index (χ0n) is 13.2. The van der Waals surface area contributed by atoms with Gasteiger partial charge in [0, 0.05) is 11.3 Å². The smallest absolute Gasteiger partial charge is 0.406 e. The van der Waals surface area contributed by atoms with Gasteiger partial charge in [0.2, 0.25) is 0 Å². The summed E-state index contributed by atoms with van der Waals surface area (Å²) in [5, 5.41) is 15.3. The fourth-order valence-electron chi connectivity index (χ4n) is 3.16. The molecule has 4 rings (SSSR count). The molecule has 4 nitrogen and oxygen atoms in total. The van der Waals surface area contributed by atoms with E-state index in [4.69, 9.17) is 0 Å². The van der Waals surface area contributed by atoms with Crippen LogP contribution in [0.3, 0.4) is 0 Å². The van der Waals surface area contributed by atoms with Crippen molar-refractivity contribution in [3.8, 4) is 5.75 Å². The summed E-state index contributed by atoms with van der Waals surface area (Å²) < 4.78 is 41.4. The number of benzene rings is 3. The van der Waals surface area contributed by atoms with E-state index in [1.54, 1.807) is 18.2 Å². The second kappa shape index (κ2) is 5.47. The summed E-state index contributed by atoms with van der Waals surface area (Å²) in [7, 11) is 0. The first-order valence-electron chi connectivity index (χ1n) is 7.71. The Labute approximate surface area is 145 Å². The molecule has 2 N–H and O–H groups in total. The standard InChI is InChI=1S/C19H12F3NO3/c20-19(21,22)26-14-7-8-16-15(10-14)18(25,17(24)23-16)13-6-5-11-3-1-2-4-12(11)9-13/h1-10,25H,(H,23,24). The highest BCUT2D eigenvalue weighted by atomic mass is 19.4. The summed E-state index contributed by atoms with van der Waals surface area (Å²) in [6.45, 7) is 0. The van der Waals surface area contributed by atoms with Gasteiger partial charge in [0.1, 0.15) is 5.75 Å². The van der Waals surface area contributed by atoms with E-state index in [0.29, 0.717) is 0 Å². The summed E-state index contributed by atoms with van der Waals surface area (Å²) in [5.74, 6) is -1.24. The maximum absolute atomic E-state index is 12.5. The van der Waals surface area contributed by atoms with Crippen molar-refractivity contribution < 1.29 is 27.8 Å². The second-order valence-electron chi connectivity index (χ2n) is 5.98. The summed E-state index contributed by atoms with van der Waals surface area (Å²) >= 11 is 0. The van der Waals surface area contributed by atoms with Crippen LogP contribution in [0, 0.1) is 0 Å². The first-order chi connectivity index (χ1) is 12.3. The Bertz CT molecular complexity index is 1030. The number of amides is 1. The van der Waals surface area contributed by atoms with Crippen molar-refractivity contribution in [2.24, 2.45) is 0 Å². The number of aliphatic hydroxyl groups is 1. The first-order valence-corrected chi connectivity index (χ1v) is 7.71. The van der Waals surface area contributed by atoms with Crippen LogP contribution in [0.5, 0.6) is 5.75 Å². The Hall–Kier alpha value is -3.06. The van der Waals surface area contributed by atoms with Gasteiger partial charge in [-0.1, -0.05) is 36.4 Å². The molecule has 0 aliphatic carbocycles. The molecule has 0 bridgehead atoms. The number of halogens is 3. The third-order valence-electron chi connectivity index (χ3n) is 4.36. The largest absolute Gasteiger partial charge is 0.573 e. The molecule has 0 saturated heterocycles. The van der Waals surface area contributed by atoms with Crippen LogP contribution in [0.4, 0.5) is 18.9 Å². The molecule has 3 aromatic rings. The number of alkyl halides is 3. The number of fused-ring (bicyclic) bond motifs is 2. The molecule has 1 atom stereocenters. The van der Waals surface area contributed by atoms with Crippen molar-refractivity contribution in [1.29, 1.82) is 0 Å². The van der Waals surface area contributed by atoms with E-state index in [2.05, 4.69) is 10.1 Å². The predicted molar refractivity (Wildman–Crippen MR) is 88.7 cm³/mol. The van der Waals surface area contributed by atoms with Gasteiger partial charge in [0.15, 0.2) is 5.60 Å². The number of carbonyl (C=O) groups is 1. The third kappa shape index (κ3) is 2.57. The topological polar surface area (TPSA) is 58.6 Å². The molecule has 132 valence electrons. The van der Waals surface area contributed by atoms with E-state index >= 15 is 0 Å². The van der Waals surface area contributed by atoms with Gasteiger partial charge in [-0.3, -0.25) is 4.79 Å². The lowest BCUT2D eigenvalue weighted by Crippen LogP contribution is -2.35. The van der Waals surface area contributed by atoms with E-state index in [1.807, 2.05) is 24.3 Å². The van der Waals surface area contributed by atoms with E-state index < -0.39 is 23.6 Å². The number of ether oxygens (including phenoxy) is 1. The quantitative estimate of drug-likeness (QED) is 0.729. The van der Waals surface area contributed by atoms with E-state index in [0.717, 1.165) is 22.9 Å². The van der Waals surface area contributed by atoms with Crippen molar-refractivity contribution in [3.05, 3.63) is 71.8 Å². The molecule has 26 heavy (non-hydrogen) atoms. The van der Waals surface area contributed by atoms with Gasteiger partial charge >= 0.3 is 6.36 Å². The second-order valence-corrected chi connectivity index (χ2v) is 5.98. The Morgan fingerprint density at radius 1 is 0.962 bits per heavy atom. The lowest BCUT2D eigenvalue weighted by atomic mass is 9.86. The van der Waals surface area contributed by atoms with Gasteiger partial charge in [0.05, 0.1) is 0 Å². The van der Waals surface area contributed by atoms with Crippen molar-refractivity contribution >= 4 is 22.4 Å². The first kappa shape index (κ1) is 16.4. The van der Waals surface area contributed by atoms with Gasteiger partial charge in [-0.05, 0) is 40.6 Å². The fraction of sp³-hybridized carbons (Fsp3) is 0.105. The Morgan fingerprint density at radius 2 is 1.69 bits per heavy atom. The van der Waals surface area contributed by atoms with E-state index in [9.17, 15) is 23.1 Å². The minimum atomic E-state index is -4.87. The van der Waals surface area contributed by atoms with Gasteiger partial charge < -0.3 is 15.2 Å². The molecule has 0 spiro atoms. The monoisotopic (exact) mass is 359 g/mol. The maximum Gasteiger partial charge on any atom is 0.573 e. The number of hydrogen-bond donors (Lipinski definition) is 2. The van der Waals surface area contributed by atoms with Crippen LogP contribution in [0.25, 0.3) is 10.8 Å². The van der Waals surface area contributed by atoms with E-state index in [-0.39, 0.29) is 16.8 Å². The van der Waals surface area contributed by atoms with E-state index in [1.165, 1.54) is 6.07 Å². The van der Waals surface area contributed by atoms with Gasteiger partial charge in [-0.25, -0.2) is 0 Å². The predicted octanol–water partition coefficient (Wildman–Crippen LogP) is 3.93. The molecule has 0 fully saturated rings. The Morgan fingerprint density at radius 3 is 2.42 bits per heavy atom. The summed E-state index contributed by atoms with van der Waals surface area (Å²) in [6.07, 6.45) is -4.87. The molecule has 0 aromatic heterocycles. The summed E-state index contributed by atoms with van der Waals surface area (Å²) in [4.78, 5) is 12.5. The number of nitrogens with one attached hydrogen (secondary N) is 1. The number of hydrogen-bond acceptors (Lipinski definition) is 3. The van der Waals surface area contributed by atoms with Gasteiger partial charge in [-0.2, -0.15) is 0 Å². The number of carbonyl (C=O) groups excluding carboxylic acids is 1. The van der Waals surface area contributed by atoms with Crippen LogP contribution in [-0.2, 0) is 10.4 Å².